The van der Waals surface area contributed by atoms with Gasteiger partial charge in [0, 0.05) is 0 Å². The molecule has 0 aliphatic heterocycles. The molecule has 0 atom stereocenters. The normalized spacial score (nSPS) is 9.12. The van der Waals surface area contributed by atoms with Gasteiger partial charge in [-0.15, -0.1) is 0 Å². The third-order valence-corrected chi connectivity index (χ3v) is 1.77. The van der Waals surface area contributed by atoms with Crippen molar-refractivity contribution in [2.45, 2.75) is 0 Å². The fourth-order valence-electron chi connectivity index (χ4n) is 1.02. The minimum atomic E-state index is -0.612. The van der Waals surface area contributed by atoms with Gasteiger partial charge in [0.15, 0.2) is 0 Å². The lowest BCUT2D eigenvalue weighted by Gasteiger charge is -2.10. The molecule has 0 aromatic heterocycles. The molecular weight excluding hydrogens is 212 g/mol. The number of benzene rings is 1. The highest BCUT2D eigenvalue weighted by atomic mass is 16.5. The summed E-state index contributed by atoms with van der Waals surface area (Å²) in [6, 6.07) is 6.69. The van der Waals surface area contributed by atoms with Gasteiger partial charge in [-0.1, -0.05) is 12.1 Å². The van der Waals surface area contributed by atoms with Crippen molar-refractivity contribution in [1.29, 1.82) is 0 Å². The van der Waals surface area contributed by atoms with Crippen LogP contribution in [0.3, 0.4) is 0 Å². The van der Waals surface area contributed by atoms with Gasteiger partial charge in [0.05, 0.1) is 25.6 Å². The minimum absolute atomic E-state index is 0.430. The summed E-state index contributed by atoms with van der Waals surface area (Å²) >= 11 is 0. The largest absolute Gasteiger partial charge is 0.453 e. The number of para-hydroxylation sites is 2. The van der Waals surface area contributed by atoms with Crippen molar-refractivity contribution in [1.82, 2.24) is 0 Å². The van der Waals surface area contributed by atoms with E-state index in [1.165, 1.54) is 14.2 Å². The molecule has 0 fully saturated rings. The summed E-state index contributed by atoms with van der Waals surface area (Å²) in [6.07, 6.45) is -1.22. The number of rotatable bonds is 2. The second-order valence-corrected chi connectivity index (χ2v) is 2.78. The first-order valence-electron chi connectivity index (χ1n) is 4.46. The Bertz CT molecular complexity index is 355. The van der Waals surface area contributed by atoms with Crippen LogP contribution in [0.4, 0.5) is 21.0 Å². The Morgan fingerprint density at radius 3 is 1.62 bits per heavy atom. The number of carbonyl (C=O) groups excluding carboxylic acids is 2. The van der Waals surface area contributed by atoms with E-state index in [9.17, 15) is 9.59 Å². The standard InChI is InChI=1S/C10H12N2O4/c1-15-9(13)11-7-5-3-4-6-8(7)12-10(14)16-2/h3-6H,1-2H3,(H,11,13)(H,12,14). The Morgan fingerprint density at radius 1 is 0.938 bits per heavy atom. The first-order valence-corrected chi connectivity index (χ1v) is 4.46. The van der Waals surface area contributed by atoms with E-state index in [0.717, 1.165) is 0 Å². The first kappa shape index (κ1) is 11.8. The quantitative estimate of drug-likeness (QED) is 0.805. The molecule has 6 heteroatoms. The van der Waals surface area contributed by atoms with Crippen LogP contribution in [0, 0.1) is 0 Å². The predicted molar refractivity (Wildman–Crippen MR) is 58.5 cm³/mol. The van der Waals surface area contributed by atoms with Crippen molar-refractivity contribution >= 4 is 23.6 Å². The van der Waals surface area contributed by atoms with Crippen molar-refractivity contribution in [2.24, 2.45) is 0 Å². The molecule has 0 aliphatic rings. The fourth-order valence-corrected chi connectivity index (χ4v) is 1.02. The van der Waals surface area contributed by atoms with E-state index in [4.69, 9.17) is 0 Å². The molecule has 0 saturated carbocycles. The van der Waals surface area contributed by atoms with Gasteiger partial charge in [-0.25, -0.2) is 9.59 Å². The van der Waals surface area contributed by atoms with Crippen LogP contribution < -0.4 is 10.6 Å². The molecule has 2 amide bonds. The van der Waals surface area contributed by atoms with Crippen LogP contribution in [0.25, 0.3) is 0 Å². The lowest BCUT2D eigenvalue weighted by Crippen LogP contribution is -2.16. The van der Waals surface area contributed by atoms with Gasteiger partial charge in [0.25, 0.3) is 0 Å². The van der Waals surface area contributed by atoms with Gasteiger partial charge in [0.1, 0.15) is 0 Å². The van der Waals surface area contributed by atoms with Gasteiger partial charge in [-0.3, -0.25) is 10.6 Å². The summed E-state index contributed by atoms with van der Waals surface area (Å²) in [6.45, 7) is 0. The first-order chi connectivity index (χ1) is 7.67. The number of methoxy groups -OCH3 is 2. The molecule has 2 N–H and O–H groups in total. The predicted octanol–water partition coefficient (Wildman–Crippen LogP) is 2.04. The highest BCUT2D eigenvalue weighted by molar-refractivity contribution is 5.95. The Morgan fingerprint density at radius 2 is 1.31 bits per heavy atom. The molecule has 0 saturated heterocycles. The van der Waals surface area contributed by atoms with Crippen molar-refractivity contribution in [3.63, 3.8) is 0 Å². The lowest BCUT2D eigenvalue weighted by atomic mass is 10.2. The second kappa shape index (κ2) is 5.59. The zero-order valence-corrected chi connectivity index (χ0v) is 8.94. The number of nitrogens with one attached hydrogen (secondary N) is 2. The lowest BCUT2D eigenvalue weighted by molar-refractivity contribution is 0.185. The molecule has 6 nitrogen and oxygen atoms in total. The van der Waals surface area contributed by atoms with Gasteiger partial charge in [0.2, 0.25) is 0 Å². The highest BCUT2D eigenvalue weighted by Crippen LogP contribution is 2.21. The Labute approximate surface area is 92.5 Å². The van der Waals surface area contributed by atoms with Crippen LogP contribution in [0.15, 0.2) is 24.3 Å². The maximum atomic E-state index is 11.0. The van der Waals surface area contributed by atoms with E-state index in [0.29, 0.717) is 11.4 Å². The number of ether oxygens (including phenoxy) is 2. The molecule has 0 heterocycles. The van der Waals surface area contributed by atoms with E-state index in [1.807, 2.05) is 0 Å². The number of hydrogen-bond acceptors (Lipinski definition) is 4. The molecule has 0 aliphatic carbocycles. The average molecular weight is 224 g/mol. The number of carbonyl (C=O) groups is 2. The van der Waals surface area contributed by atoms with Crippen LogP contribution in [-0.2, 0) is 9.47 Å². The van der Waals surface area contributed by atoms with Crippen LogP contribution in [0.5, 0.6) is 0 Å². The third kappa shape index (κ3) is 3.16. The Hall–Kier alpha value is -2.24. The molecule has 1 aromatic rings. The van der Waals surface area contributed by atoms with Crippen molar-refractivity contribution in [2.75, 3.05) is 24.9 Å². The maximum Gasteiger partial charge on any atom is 0.411 e. The molecule has 86 valence electrons. The van der Waals surface area contributed by atoms with E-state index in [-0.39, 0.29) is 0 Å². The van der Waals surface area contributed by atoms with Crippen LogP contribution >= 0.6 is 0 Å². The van der Waals surface area contributed by atoms with Crippen LogP contribution in [0.1, 0.15) is 0 Å². The minimum Gasteiger partial charge on any atom is -0.453 e. The van der Waals surface area contributed by atoms with E-state index in [1.54, 1.807) is 24.3 Å². The monoisotopic (exact) mass is 224 g/mol. The fraction of sp³-hybridized carbons (Fsp3) is 0.200. The third-order valence-electron chi connectivity index (χ3n) is 1.77. The van der Waals surface area contributed by atoms with E-state index < -0.39 is 12.2 Å². The number of amides is 2. The zero-order chi connectivity index (χ0) is 12.0. The average Bonchev–Trinajstić information content (AvgIpc) is 2.31. The van der Waals surface area contributed by atoms with Crippen molar-refractivity contribution < 1.29 is 19.1 Å². The maximum absolute atomic E-state index is 11.0. The van der Waals surface area contributed by atoms with E-state index >= 15 is 0 Å². The van der Waals surface area contributed by atoms with Crippen molar-refractivity contribution in [3.05, 3.63) is 24.3 Å². The molecule has 0 spiro atoms. The smallest absolute Gasteiger partial charge is 0.411 e. The number of anilines is 2. The number of hydrogen-bond donors (Lipinski definition) is 2. The molecule has 0 radical (unpaired) electrons. The topological polar surface area (TPSA) is 76.7 Å². The summed E-state index contributed by atoms with van der Waals surface area (Å²) < 4.78 is 8.89. The Kier molecular flexibility index (Phi) is 4.14. The van der Waals surface area contributed by atoms with Crippen molar-refractivity contribution in [3.8, 4) is 0 Å². The SMILES string of the molecule is COC(=O)Nc1ccccc1NC(=O)OC. The van der Waals surface area contributed by atoms with Crippen LogP contribution in [-0.4, -0.2) is 26.4 Å². The summed E-state index contributed by atoms with van der Waals surface area (Å²) in [5.74, 6) is 0. The molecular formula is C10H12N2O4. The van der Waals surface area contributed by atoms with Crippen LogP contribution in [0.2, 0.25) is 0 Å². The Balaban J connectivity index is 2.83. The summed E-state index contributed by atoms with van der Waals surface area (Å²) in [5.41, 5.74) is 0.861. The second-order valence-electron chi connectivity index (χ2n) is 2.78. The van der Waals surface area contributed by atoms with Gasteiger partial charge in [-0.05, 0) is 12.1 Å². The van der Waals surface area contributed by atoms with E-state index in [2.05, 4.69) is 20.1 Å². The zero-order valence-electron chi connectivity index (χ0n) is 8.94. The molecule has 16 heavy (non-hydrogen) atoms. The highest BCUT2D eigenvalue weighted by Gasteiger charge is 2.08. The molecule has 0 bridgehead atoms. The van der Waals surface area contributed by atoms with Gasteiger partial charge < -0.3 is 9.47 Å². The molecule has 1 aromatic carbocycles. The van der Waals surface area contributed by atoms with Gasteiger partial charge >= 0.3 is 12.2 Å². The summed E-state index contributed by atoms with van der Waals surface area (Å²) in [5, 5.41) is 4.92. The van der Waals surface area contributed by atoms with Gasteiger partial charge in [-0.2, -0.15) is 0 Å². The summed E-state index contributed by atoms with van der Waals surface area (Å²) in [7, 11) is 2.51. The molecule has 1 rings (SSSR count). The summed E-state index contributed by atoms with van der Waals surface area (Å²) in [4.78, 5) is 22.0. The molecule has 0 unspecified atom stereocenters.